The molecule has 0 saturated heterocycles. The van der Waals surface area contributed by atoms with Crippen molar-refractivity contribution in [1.29, 1.82) is 0 Å². The van der Waals surface area contributed by atoms with Crippen LogP contribution in [0.3, 0.4) is 0 Å². The fraction of sp³-hybridized carbons (Fsp3) is 0.375. The maximum absolute atomic E-state index is 11.0. The van der Waals surface area contributed by atoms with Gasteiger partial charge in [-0.25, -0.2) is 9.67 Å². The van der Waals surface area contributed by atoms with Crippen LogP contribution in [0.5, 0.6) is 0 Å². The highest BCUT2D eigenvalue weighted by molar-refractivity contribution is 6.30. The van der Waals surface area contributed by atoms with Crippen LogP contribution in [0, 0.1) is 0 Å². The molecule has 0 amide bonds. The van der Waals surface area contributed by atoms with E-state index in [1.165, 1.54) is 6.33 Å². The van der Waals surface area contributed by atoms with Crippen LogP contribution in [-0.2, 0) is 6.54 Å². The van der Waals surface area contributed by atoms with Gasteiger partial charge in [0.2, 0.25) is 0 Å². The van der Waals surface area contributed by atoms with Crippen molar-refractivity contribution < 1.29 is 5.11 Å². The van der Waals surface area contributed by atoms with Crippen molar-refractivity contribution in [3.05, 3.63) is 53.1 Å². The molecule has 4 nitrogen and oxygen atoms in total. The van der Waals surface area contributed by atoms with Gasteiger partial charge in [-0.3, -0.25) is 0 Å². The van der Waals surface area contributed by atoms with Gasteiger partial charge in [-0.15, -0.1) is 0 Å². The highest BCUT2D eigenvalue weighted by Gasteiger charge is 2.34. The minimum atomic E-state index is -0.842. The quantitative estimate of drug-likeness (QED) is 0.946. The second kappa shape index (κ2) is 6.00. The fourth-order valence-electron chi connectivity index (χ4n) is 2.86. The van der Waals surface area contributed by atoms with E-state index in [-0.39, 0.29) is 0 Å². The van der Waals surface area contributed by atoms with Crippen molar-refractivity contribution in [3.63, 3.8) is 0 Å². The molecule has 0 bridgehead atoms. The smallest absolute Gasteiger partial charge is 0.137 e. The lowest BCUT2D eigenvalue weighted by molar-refractivity contribution is 0.0323. The molecule has 1 saturated carbocycles. The molecule has 1 heterocycles. The van der Waals surface area contributed by atoms with Gasteiger partial charge in [-0.1, -0.05) is 29.8 Å². The number of rotatable bonds is 3. The van der Waals surface area contributed by atoms with E-state index in [2.05, 4.69) is 16.2 Å². The Kier molecular flexibility index (Phi) is 4.08. The van der Waals surface area contributed by atoms with Gasteiger partial charge in [0.25, 0.3) is 0 Å². The molecule has 21 heavy (non-hydrogen) atoms. The molecule has 110 valence electrons. The molecule has 1 aliphatic rings. The number of benzene rings is 1. The molecule has 1 aliphatic carbocycles. The second-order valence-electron chi connectivity index (χ2n) is 5.55. The molecular formula is C16H18ClN3O. The molecule has 1 aromatic heterocycles. The zero-order valence-corrected chi connectivity index (χ0v) is 12.5. The molecule has 1 aromatic carbocycles. The topological polar surface area (TPSA) is 50.9 Å². The lowest BCUT2D eigenvalue weighted by Gasteiger charge is -2.35. The molecule has 1 unspecified atom stereocenters. The standard InChI is InChI=1S/C16H18ClN3O/c17-15-6-4-13(5-7-15)9-14-3-1-2-8-16(14,21)10-20-12-18-11-19-20/h4-7,9,11-12,21H,1-3,8,10H2. The number of aliphatic hydroxyl groups is 1. The summed E-state index contributed by atoms with van der Waals surface area (Å²) in [6.07, 6.45) is 9.02. The minimum absolute atomic E-state index is 0.451. The Morgan fingerprint density at radius 2 is 2.10 bits per heavy atom. The molecular weight excluding hydrogens is 286 g/mol. The number of nitrogens with zero attached hydrogens (tertiary/aromatic N) is 3. The predicted molar refractivity (Wildman–Crippen MR) is 82.9 cm³/mol. The minimum Gasteiger partial charge on any atom is -0.384 e. The van der Waals surface area contributed by atoms with E-state index in [9.17, 15) is 5.11 Å². The van der Waals surface area contributed by atoms with E-state index in [4.69, 9.17) is 11.6 Å². The number of hydrogen-bond acceptors (Lipinski definition) is 3. The summed E-state index contributed by atoms with van der Waals surface area (Å²) in [5.74, 6) is 0. The zero-order chi connectivity index (χ0) is 14.7. The third-order valence-corrected chi connectivity index (χ3v) is 4.24. The summed E-state index contributed by atoms with van der Waals surface area (Å²) >= 11 is 5.92. The van der Waals surface area contributed by atoms with Crippen LogP contribution >= 0.6 is 11.6 Å². The van der Waals surface area contributed by atoms with Crippen molar-refractivity contribution in [1.82, 2.24) is 14.8 Å². The third-order valence-electron chi connectivity index (χ3n) is 3.99. The molecule has 3 rings (SSSR count). The molecule has 1 atom stereocenters. The molecule has 0 radical (unpaired) electrons. The number of aromatic nitrogens is 3. The van der Waals surface area contributed by atoms with Crippen molar-refractivity contribution >= 4 is 17.7 Å². The van der Waals surface area contributed by atoms with E-state index in [0.717, 1.165) is 41.8 Å². The number of hydrogen-bond donors (Lipinski definition) is 1. The van der Waals surface area contributed by atoms with Gasteiger partial charge in [0.15, 0.2) is 0 Å². The van der Waals surface area contributed by atoms with E-state index >= 15 is 0 Å². The SMILES string of the molecule is OC1(Cn2cncn2)CCCCC1=Cc1ccc(Cl)cc1. The Labute approximate surface area is 129 Å². The van der Waals surface area contributed by atoms with E-state index < -0.39 is 5.60 Å². The molecule has 1 fully saturated rings. The van der Waals surface area contributed by atoms with E-state index in [0.29, 0.717) is 6.54 Å². The van der Waals surface area contributed by atoms with Crippen LogP contribution in [0.4, 0.5) is 0 Å². The first kappa shape index (κ1) is 14.3. The fourth-order valence-corrected chi connectivity index (χ4v) is 2.98. The summed E-state index contributed by atoms with van der Waals surface area (Å²) in [5.41, 5.74) is 1.28. The Hall–Kier alpha value is -1.65. The molecule has 2 aromatic rings. The highest BCUT2D eigenvalue weighted by Crippen LogP contribution is 2.35. The van der Waals surface area contributed by atoms with Gasteiger partial charge in [0, 0.05) is 5.02 Å². The average molecular weight is 304 g/mol. The van der Waals surface area contributed by atoms with Crippen molar-refractivity contribution in [2.24, 2.45) is 0 Å². The Morgan fingerprint density at radius 3 is 2.81 bits per heavy atom. The third kappa shape index (κ3) is 3.34. The highest BCUT2D eigenvalue weighted by atomic mass is 35.5. The van der Waals surface area contributed by atoms with Crippen molar-refractivity contribution in [2.75, 3.05) is 0 Å². The van der Waals surface area contributed by atoms with Gasteiger partial charge >= 0.3 is 0 Å². The van der Waals surface area contributed by atoms with Gasteiger partial charge in [-0.05, 0) is 49.0 Å². The lowest BCUT2D eigenvalue weighted by atomic mass is 9.79. The Morgan fingerprint density at radius 1 is 1.29 bits per heavy atom. The van der Waals surface area contributed by atoms with Gasteiger partial charge in [0.1, 0.15) is 18.3 Å². The summed E-state index contributed by atoms with van der Waals surface area (Å²) in [6, 6.07) is 7.68. The Balaban J connectivity index is 1.88. The Bertz CT molecular complexity index is 621. The predicted octanol–water partition coefficient (Wildman–Crippen LogP) is 3.32. The summed E-state index contributed by atoms with van der Waals surface area (Å²) in [7, 11) is 0. The van der Waals surface area contributed by atoms with Gasteiger partial charge < -0.3 is 5.11 Å². The summed E-state index contributed by atoms with van der Waals surface area (Å²) in [6.45, 7) is 0.451. The largest absolute Gasteiger partial charge is 0.384 e. The van der Waals surface area contributed by atoms with Crippen LogP contribution in [0.1, 0.15) is 31.2 Å². The normalized spacial score (nSPS) is 24.4. The van der Waals surface area contributed by atoms with Crippen molar-refractivity contribution in [3.8, 4) is 0 Å². The van der Waals surface area contributed by atoms with Crippen LogP contribution in [-0.4, -0.2) is 25.5 Å². The summed E-state index contributed by atoms with van der Waals surface area (Å²) in [5, 5.41) is 15.9. The van der Waals surface area contributed by atoms with E-state index in [1.54, 1.807) is 11.0 Å². The first-order chi connectivity index (χ1) is 10.2. The summed E-state index contributed by atoms with van der Waals surface area (Å²) < 4.78 is 1.70. The maximum Gasteiger partial charge on any atom is 0.137 e. The monoisotopic (exact) mass is 303 g/mol. The van der Waals surface area contributed by atoms with E-state index in [1.807, 2.05) is 24.3 Å². The zero-order valence-electron chi connectivity index (χ0n) is 11.7. The molecule has 5 heteroatoms. The van der Waals surface area contributed by atoms with Crippen LogP contribution in [0.2, 0.25) is 5.02 Å². The van der Waals surface area contributed by atoms with Gasteiger partial charge in [0.05, 0.1) is 6.54 Å². The van der Waals surface area contributed by atoms with Crippen LogP contribution in [0.15, 0.2) is 42.5 Å². The van der Waals surface area contributed by atoms with Crippen LogP contribution < -0.4 is 0 Å². The molecule has 1 N–H and O–H groups in total. The first-order valence-corrected chi connectivity index (χ1v) is 7.55. The maximum atomic E-state index is 11.0. The van der Waals surface area contributed by atoms with Gasteiger partial charge in [-0.2, -0.15) is 5.10 Å². The molecule has 0 spiro atoms. The second-order valence-corrected chi connectivity index (χ2v) is 5.99. The lowest BCUT2D eigenvalue weighted by Crippen LogP contribution is -2.38. The summed E-state index contributed by atoms with van der Waals surface area (Å²) in [4.78, 5) is 3.94. The average Bonchev–Trinajstić information content (AvgIpc) is 2.96. The van der Waals surface area contributed by atoms with Crippen LogP contribution in [0.25, 0.3) is 6.08 Å². The van der Waals surface area contributed by atoms with Crippen molar-refractivity contribution in [2.45, 2.75) is 37.8 Å². The molecule has 0 aliphatic heterocycles. The first-order valence-electron chi connectivity index (χ1n) is 7.17. The number of halogens is 1.